The van der Waals surface area contributed by atoms with E-state index in [1.54, 1.807) is 27.9 Å². The fraction of sp³-hybridized carbons (Fsp3) is 0.867. The molecule has 1 aliphatic rings. The number of hydrogen-bond acceptors (Lipinski definition) is 4. The first-order valence-electron chi connectivity index (χ1n) is 8.06. The van der Waals surface area contributed by atoms with Crippen LogP contribution in [-0.2, 0) is 14.6 Å². The number of nitrogens with zero attached hydrogens (tertiary/aromatic N) is 3. The van der Waals surface area contributed by atoms with Gasteiger partial charge in [0.25, 0.3) is 0 Å². The molecule has 1 amide bonds. The van der Waals surface area contributed by atoms with Gasteiger partial charge in [0.05, 0.1) is 10.5 Å². The van der Waals surface area contributed by atoms with E-state index in [1.807, 2.05) is 4.90 Å². The van der Waals surface area contributed by atoms with Crippen LogP contribution in [-0.4, -0.2) is 80.9 Å². The molecule has 0 aliphatic carbocycles. The van der Waals surface area contributed by atoms with Crippen molar-refractivity contribution in [1.82, 2.24) is 15.1 Å². The van der Waals surface area contributed by atoms with Crippen molar-refractivity contribution in [1.29, 1.82) is 0 Å². The Hall–Kier alpha value is -0.580. The molecule has 0 spiro atoms. The third-order valence-electron chi connectivity index (χ3n) is 4.02. The van der Waals surface area contributed by atoms with Crippen LogP contribution >= 0.6 is 24.0 Å². The number of halogens is 1. The molecule has 0 aromatic carbocycles. The Balaban J connectivity index is 0.00000529. The van der Waals surface area contributed by atoms with Gasteiger partial charge in [-0.05, 0) is 20.3 Å². The minimum Gasteiger partial charge on any atom is -0.356 e. The molecule has 0 saturated carbocycles. The lowest BCUT2D eigenvalue weighted by atomic mass is 10.2. The maximum absolute atomic E-state index is 12.1. The van der Waals surface area contributed by atoms with Gasteiger partial charge < -0.3 is 15.1 Å². The van der Waals surface area contributed by atoms with Gasteiger partial charge in [-0.1, -0.05) is 13.3 Å². The minimum atomic E-state index is -3.10. The maximum atomic E-state index is 12.1. The summed E-state index contributed by atoms with van der Waals surface area (Å²) in [4.78, 5) is 19.6. The molecule has 9 heteroatoms. The number of unbranched alkanes of at least 4 members (excludes halogenated alkanes) is 1. The van der Waals surface area contributed by atoms with Gasteiger partial charge in [0.2, 0.25) is 5.91 Å². The van der Waals surface area contributed by atoms with Crippen LogP contribution in [0, 0.1) is 0 Å². The summed E-state index contributed by atoms with van der Waals surface area (Å²) in [5.41, 5.74) is 0. The molecule has 1 heterocycles. The van der Waals surface area contributed by atoms with E-state index in [-0.39, 0.29) is 42.2 Å². The molecule has 7 nitrogen and oxygen atoms in total. The lowest BCUT2D eigenvalue weighted by Crippen LogP contribution is -2.57. The van der Waals surface area contributed by atoms with E-state index in [9.17, 15) is 13.2 Å². The summed E-state index contributed by atoms with van der Waals surface area (Å²) in [7, 11) is 0.289. The van der Waals surface area contributed by atoms with Crippen molar-refractivity contribution in [3.63, 3.8) is 0 Å². The van der Waals surface area contributed by atoms with Crippen LogP contribution in [0.1, 0.15) is 33.6 Å². The smallest absolute Gasteiger partial charge is 0.243 e. The number of aliphatic imine (C=N–C) groups is 1. The van der Waals surface area contributed by atoms with Gasteiger partial charge in [-0.15, -0.1) is 24.0 Å². The molecule has 1 aliphatic heterocycles. The number of rotatable bonds is 5. The predicted octanol–water partition coefficient (Wildman–Crippen LogP) is 0.947. The summed E-state index contributed by atoms with van der Waals surface area (Å²) >= 11 is 0. The molecular weight excluding hydrogens is 443 g/mol. The SMILES string of the molecule is CCCCNC(=NCC(=O)N(C)C)N1CCS(=O)(=O)C(C)(C)C1.I. The molecule has 1 saturated heterocycles. The van der Waals surface area contributed by atoms with Crippen molar-refractivity contribution in [2.75, 3.05) is 46.0 Å². The lowest BCUT2D eigenvalue weighted by molar-refractivity contribution is -0.127. The zero-order chi connectivity index (χ0) is 17.7. The second-order valence-corrected chi connectivity index (χ2v) is 9.45. The summed E-state index contributed by atoms with van der Waals surface area (Å²) < 4.78 is 23.5. The second-order valence-electron chi connectivity index (χ2n) is 6.71. The van der Waals surface area contributed by atoms with Crippen molar-refractivity contribution >= 4 is 45.7 Å². The van der Waals surface area contributed by atoms with Crippen LogP contribution in [0.25, 0.3) is 0 Å². The van der Waals surface area contributed by atoms with Crippen LogP contribution in [0.15, 0.2) is 4.99 Å². The zero-order valence-corrected chi connectivity index (χ0v) is 18.5. The molecular formula is C15H31IN4O3S. The standard InChI is InChI=1S/C15H30N4O3S.HI/c1-6-7-8-16-14(17-11-13(20)18(4)5)19-9-10-23(21,22)15(2,3)12-19;/h6-12H2,1-5H3,(H,16,17);1H. The normalized spacial score (nSPS) is 19.4. The summed E-state index contributed by atoms with van der Waals surface area (Å²) in [6, 6.07) is 0. The molecule has 0 unspecified atom stereocenters. The average molecular weight is 474 g/mol. The fourth-order valence-electron chi connectivity index (χ4n) is 2.25. The Morgan fingerprint density at radius 2 is 1.96 bits per heavy atom. The number of sulfone groups is 1. The highest BCUT2D eigenvalue weighted by Gasteiger charge is 2.41. The van der Waals surface area contributed by atoms with E-state index in [0.29, 0.717) is 19.0 Å². The Morgan fingerprint density at radius 3 is 2.46 bits per heavy atom. The lowest BCUT2D eigenvalue weighted by Gasteiger charge is -2.39. The van der Waals surface area contributed by atoms with Gasteiger partial charge >= 0.3 is 0 Å². The summed E-state index contributed by atoms with van der Waals surface area (Å²) in [5.74, 6) is 0.649. The van der Waals surface area contributed by atoms with Gasteiger partial charge in [-0.3, -0.25) is 4.79 Å². The highest BCUT2D eigenvalue weighted by Crippen LogP contribution is 2.23. The highest BCUT2D eigenvalue weighted by molar-refractivity contribution is 14.0. The Labute approximate surface area is 163 Å². The molecule has 0 aromatic rings. The van der Waals surface area contributed by atoms with Gasteiger partial charge in [-0.25, -0.2) is 13.4 Å². The van der Waals surface area contributed by atoms with Crippen LogP contribution < -0.4 is 5.32 Å². The largest absolute Gasteiger partial charge is 0.356 e. The van der Waals surface area contributed by atoms with Gasteiger partial charge in [-0.2, -0.15) is 0 Å². The monoisotopic (exact) mass is 474 g/mol. The summed E-state index contributed by atoms with van der Waals surface area (Å²) in [5, 5.41) is 3.26. The Bertz CT molecular complexity index is 547. The van der Waals surface area contributed by atoms with Gasteiger partial charge in [0, 0.05) is 33.7 Å². The molecule has 1 N–H and O–H groups in total. The zero-order valence-electron chi connectivity index (χ0n) is 15.3. The van der Waals surface area contributed by atoms with E-state index in [2.05, 4.69) is 17.2 Å². The number of carbonyl (C=O) groups is 1. The maximum Gasteiger partial charge on any atom is 0.243 e. The van der Waals surface area contributed by atoms with Crippen LogP contribution in [0.2, 0.25) is 0 Å². The third kappa shape index (κ3) is 6.38. The van der Waals surface area contributed by atoms with E-state index < -0.39 is 14.6 Å². The first-order chi connectivity index (χ1) is 10.6. The topological polar surface area (TPSA) is 82.1 Å². The Morgan fingerprint density at radius 1 is 1.33 bits per heavy atom. The van der Waals surface area contributed by atoms with Crippen molar-refractivity contribution < 1.29 is 13.2 Å². The minimum absolute atomic E-state index is 0. The van der Waals surface area contributed by atoms with Crippen molar-refractivity contribution in [3.05, 3.63) is 0 Å². The molecule has 24 heavy (non-hydrogen) atoms. The van der Waals surface area contributed by atoms with Crippen molar-refractivity contribution in [3.8, 4) is 0 Å². The highest BCUT2D eigenvalue weighted by atomic mass is 127. The number of amides is 1. The number of guanidine groups is 1. The Kier molecular flexibility index (Phi) is 9.55. The summed E-state index contributed by atoms with van der Waals surface area (Å²) in [6.07, 6.45) is 2.05. The van der Waals surface area contributed by atoms with Crippen LogP contribution in [0.4, 0.5) is 0 Å². The van der Waals surface area contributed by atoms with Crippen LogP contribution in [0.5, 0.6) is 0 Å². The molecule has 1 fully saturated rings. The average Bonchev–Trinajstić information content (AvgIpc) is 2.45. The first kappa shape index (κ1) is 23.4. The number of nitrogens with one attached hydrogen (secondary N) is 1. The molecule has 142 valence electrons. The molecule has 0 aromatic heterocycles. The molecule has 1 rings (SSSR count). The van der Waals surface area contributed by atoms with E-state index in [1.165, 1.54) is 4.90 Å². The van der Waals surface area contributed by atoms with E-state index >= 15 is 0 Å². The van der Waals surface area contributed by atoms with E-state index in [4.69, 9.17) is 0 Å². The quantitative estimate of drug-likeness (QED) is 0.278. The second kappa shape index (κ2) is 9.79. The van der Waals surface area contributed by atoms with Crippen molar-refractivity contribution in [2.45, 2.75) is 38.4 Å². The third-order valence-corrected chi connectivity index (χ3v) is 6.55. The molecule has 0 bridgehead atoms. The molecule has 0 radical (unpaired) electrons. The van der Waals surface area contributed by atoms with E-state index in [0.717, 1.165) is 19.4 Å². The predicted molar refractivity (Wildman–Crippen MR) is 109 cm³/mol. The summed E-state index contributed by atoms with van der Waals surface area (Å²) in [6.45, 7) is 7.18. The van der Waals surface area contributed by atoms with Gasteiger partial charge in [0.15, 0.2) is 15.8 Å². The van der Waals surface area contributed by atoms with Crippen molar-refractivity contribution in [2.24, 2.45) is 4.99 Å². The number of carbonyl (C=O) groups excluding carboxylic acids is 1. The molecule has 0 atom stereocenters. The first-order valence-corrected chi connectivity index (χ1v) is 9.71. The number of hydrogen-bond donors (Lipinski definition) is 1. The van der Waals surface area contributed by atoms with Gasteiger partial charge in [0.1, 0.15) is 6.54 Å². The fourth-order valence-corrected chi connectivity index (χ4v) is 3.62. The van der Waals surface area contributed by atoms with Crippen LogP contribution in [0.3, 0.4) is 0 Å². The number of likely N-dealkylation sites (N-methyl/N-ethyl adjacent to an activating group) is 1.